The molecule has 0 radical (unpaired) electrons. The maximum atomic E-state index is 12.4. The number of aromatic nitrogens is 2. The first-order chi connectivity index (χ1) is 8.70. The summed E-state index contributed by atoms with van der Waals surface area (Å²) in [5.41, 5.74) is 1.22. The van der Waals surface area contributed by atoms with E-state index in [1.807, 2.05) is 44.2 Å². The number of hydrogen-bond acceptors (Lipinski definition) is 3. The van der Waals surface area contributed by atoms with E-state index in [-0.39, 0.29) is 11.9 Å². The zero-order chi connectivity index (χ0) is 13.0. The second-order valence-electron chi connectivity index (χ2n) is 4.20. The van der Waals surface area contributed by atoms with Gasteiger partial charge in [-0.3, -0.25) is 9.78 Å². The van der Waals surface area contributed by atoms with Crippen LogP contribution in [0, 0.1) is 0 Å². The number of amides is 1. The fourth-order valence-corrected chi connectivity index (χ4v) is 1.77. The van der Waals surface area contributed by atoms with Gasteiger partial charge in [0.05, 0.1) is 6.20 Å². The Morgan fingerprint density at radius 1 is 1.17 bits per heavy atom. The average Bonchev–Trinajstić information content (AvgIpc) is 2.40. The molecule has 0 saturated carbocycles. The van der Waals surface area contributed by atoms with Gasteiger partial charge in [-0.1, -0.05) is 18.2 Å². The fraction of sp³-hybridized carbons (Fsp3) is 0.214. The third kappa shape index (κ3) is 2.53. The van der Waals surface area contributed by atoms with Crippen molar-refractivity contribution in [3.05, 3.63) is 54.6 Å². The van der Waals surface area contributed by atoms with Gasteiger partial charge in [0.25, 0.3) is 5.91 Å². The number of carbonyl (C=O) groups excluding carboxylic acids is 1. The molecule has 2 rings (SSSR count). The Bertz CT molecular complexity index is 511. The predicted molar refractivity (Wildman–Crippen MR) is 70.4 cm³/mol. The zero-order valence-electron chi connectivity index (χ0n) is 10.4. The SMILES string of the molecule is CC(C)N(C(=O)c1cnccn1)c1ccccc1. The molecule has 18 heavy (non-hydrogen) atoms. The molecular formula is C14H15N3O. The minimum Gasteiger partial charge on any atom is -0.304 e. The minimum atomic E-state index is -0.135. The van der Waals surface area contributed by atoms with Crippen LogP contribution in [0.1, 0.15) is 24.3 Å². The Hall–Kier alpha value is -2.23. The van der Waals surface area contributed by atoms with Crippen LogP contribution in [0.2, 0.25) is 0 Å². The van der Waals surface area contributed by atoms with Gasteiger partial charge in [-0.05, 0) is 26.0 Å². The number of rotatable bonds is 3. The average molecular weight is 241 g/mol. The predicted octanol–water partition coefficient (Wildman–Crippen LogP) is 2.53. The molecule has 1 heterocycles. The van der Waals surface area contributed by atoms with Crippen molar-refractivity contribution in [2.75, 3.05) is 4.90 Å². The molecule has 0 aliphatic rings. The standard InChI is InChI=1S/C14H15N3O/c1-11(2)17(12-6-4-3-5-7-12)14(18)13-10-15-8-9-16-13/h3-11H,1-2H3. The van der Waals surface area contributed by atoms with Gasteiger partial charge in [0, 0.05) is 24.1 Å². The summed E-state index contributed by atoms with van der Waals surface area (Å²) in [6, 6.07) is 9.63. The van der Waals surface area contributed by atoms with Gasteiger partial charge in [-0.25, -0.2) is 4.98 Å². The van der Waals surface area contributed by atoms with Crippen LogP contribution in [0.3, 0.4) is 0 Å². The smallest absolute Gasteiger partial charge is 0.278 e. The topological polar surface area (TPSA) is 46.1 Å². The number of para-hydroxylation sites is 1. The lowest BCUT2D eigenvalue weighted by Crippen LogP contribution is -2.37. The van der Waals surface area contributed by atoms with Crippen molar-refractivity contribution in [3.63, 3.8) is 0 Å². The van der Waals surface area contributed by atoms with E-state index in [4.69, 9.17) is 0 Å². The molecule has 0 bridgehead atoms. The monoisotopic (exact) mass is 241 g/mol. The molecule has 0 N–H and O–H groups in total. The number of nitrogens with zero attached hydrogens (tertiary/aromatic N) is 3. The summed E-state index contributed by atoms with van der Waals surface area (Å²) >= 11 is 0. The lowest BCUT2D eigenvalue weighted by Gasteiger charge is -2.26. The van der Waals surface area contributed by atoms with Gasteiger partial charge >= 0.3 is 0 Å². The zero-order valence-corrected chi connectivity index (χ0v) is 10.4. The molecule has 4 nitrogen and oxygen atoms in total. The molecule has 0 atom stereocenters. The Morgan fingerprint density at radius 3 is 2.44 bits per heavy atom. The summed E-state index contributed by atoms with van der Waals surface area (Å²) in [6.07, 6.45) is 4.57. The van der Waals surface area contributed by atoms with E-state index in [0.717, 1.165) is 5.69 Å². The first-order valence-electron chi connectivity index (χ1n) is 5.85. The van der Waals surface area contributed by atoms with Gasteiger partial charge < -0.3 is 4.90 Å². The van der Waals surface area contributed by atoms with E-state index in [2.05, 4.69) is 9.97 Å². The molecule has 1 aromatic heterocycles. The Morgan fingerprint density at radius 2 is 1.89 bits per heavy atom. The van der Waals surface area contributed by atoms with E-state index in [0.29, 0.717) is 5.69 Å². The van der Waals surface area contributed by atoms with Gasteiger partial charge in [0.15, 0.2) is 0 Å². The van der Waals surface area contributed by atoms with Crippen molar-refractivity contribution in [1.29, 1.82) is 0 Å². The Kier molecular flexibility index (Phi) is 3.67. The van der Waals surface area contributed by atoms with Gasteiger partial charge in [0.2, 0.25) is 0 Å². The molecule has 0 aliphatic carbocycles. The lowest BCUT2D eigenvalue weighted by molar-refractivity contribution is 0.0975. The molecule has 1 aromatic carbocycles. The number of benzene rings is 1. The van der Waals surface area contributed by atoms with Gasteiger partial charge in [-0.15, -0.1) is 0 Å². The van der Waals surface area contributed by atoms with Crippen LogP contribution in [-0.2, 0) is 0 Å². The molecule has 2 aromatic rings. The van der Waals surface area contributed by atoms with Crippen LogP contribution in [0.25, 0.3) is 0 Å². The van der Waals surface area contributed by atoms with E-state index in [1.54, 1.807) is 11.1 Å². The second-order valence-corrected chi connectivity index (χ2v) is 4.20. The minimum absolute atomic E-state index is 0.0573. The molecule has 0 saturated heterocycles. The Balaban J connectivity index is 2.35. The van der Waals surface area contributed by atoms with Crippen LogP contribution < -0.4 is 4.90 Å². The van der Waals surface area contributed by atoms with Crippen LogP contribution in [0.5, 0.6) is 0 Å². The van der Waals surface area contributed by atoms with E-state index in [9.17, 15) is 4.79 Å². The molecule has 0 aliphatic heterocycles. The summed E-state index contributed by atoms with van der Waals surface area (Å²) in [7, 11) is 0. The summed E-state index contributed by atoms with van der Waals surface area (Å²) in [5, 5.41) is 0. The van der Waals surface area contributed by atoms with Gasteiger partial charge in [-0.2, -0.15) is 0 Å². The normalized spacial score (nSPS) is 10.4. The first-order valence-corrected chi connectivity index (χ1v) is 5.85. The van der Waals surface area contributed by atoms with Gasteiger partial charge in [0.1, 0.15) is 5.69 Å². The van der Waals surface area contributed by atoms with Crippen molar-refractivity contribution in [1.82, 2.24) is 9.97 Å². The molecule has 0 fully saturated rings. The summed E-state index contributed by atoms with van der Waals surface area (Å²) in [4.78, 5) is 22.1. The van der Waals surface area contributed by atoms with Crippen LogP contribution in [-0.4, -0.2) is 21.9 Å². The number of anilines is 1. The molecular weight excluding hydrogens is 226 g/mol. The second kappa shape index (κ2) is 5.40. The van der Waals surface area contributed by atoms with Crippen molar-refractivity contribution < 1.29 is 4.79 Å². The highest BCUT2D eigenvalue weighted by molar-refractivity contribution is 6.04. The molecule has 0 spiro atoms. The largest absolute Gasteiger partial charge is 0.304 e. The third-order valence-corrected chi connectivity index (χ3v) is 2.55. The van der Waals surface area contributed by atoms with Crippen LogP contribution in [0.4, 0.5) is 5.69 Å². The maximum Gasteiger partial charge on any atom is 0.278 e. The quantitative estimate of drug-likeness (QED) is 0.829. The maximum absolute atomic E-state index is 12.4. The van der Waals surface area contributed by atoms with Crippen molar-refractivity contribution in [3.8, 4) is 0 Å². The van der Waals surface area contributed by atoms with E-state index in [1.165, 1.54) is 12.4 Å². The molecule has 4 heteroatoms. The molecule has 1 amide bonds. The number of hydrogen-bond donors (Lipinski definition) is 0. The lowest BCUT2D eigenvalue weighted by atomic mass is 10.2. The van der Waals surface area contributed by atoms with Crippen LogP contribution >= 0.6 is 0 Å². The third-order valence-electron chi connectivity index (χ3n) is 2.55. The summed E-state index contributed by atoms with van der Waals surface area (Å²) in [6.45, 7) is 3.95. The van der Waals surface area contributed by atoms with Crippen molar-refractivity contribution in [2.24, 2.45) is 0 Å². The number of carbonyl (C=O) groups is 1. The van der Waals surface area contributed by atoms with Crippen molar-refractivity contribution in [2.45, 2.75) is 19.9 Å². The first kappa shape index (κ1) is 12.2. The molecule has 92 valence electrons. The van der Waals surface area contributed by atoms with E-state index < -0.39 is 0 Å². The highest BCUT2D eigenvalue weighted by atomic mass is 16.2. The fourth-order valence-electron chi connectivity index (χ4n) is 1.77. The van der Waals surface area contributed by atoms with E-state index >= 15 is 0 Å². The highest BCUT2D eigenvalue weighted by Gasteiger charge is 2.21. The van der Waals surface area contributed by atoms with Crippen LogP contribution in [0.15, 0.2) is 48.9 Å². The molecule has 0 unspecified atom stereocenters. The Labute approximate surface area is 106 Å². The highest BCUT2D eigenvalue weighted by Crippen LogP contribution is 2.18. The summed E-state index contributed by atoms with van der Waals surface area (Å²) in [5.74, 6) is -0.135. The summed E-state index contributed by atoms with van der Waals surface area (Å²) < 4.78 is 0. The van der Waals surface area contributed by atoms with Crippen molar-refractivity contribution >= 4 is 11.6 Å².